The number of ether oxygens (including phenoxy) is 1. The number of rotatable bonds is 8. The topological polar surface area (TPSA) is 37.4 Å². The molecule has 108 valence electrons. The predicted octanol–water partition coefficient (Wildman–Crippen LogP) is 2.05. The van der Waals surface area contributed by atoms with Crippen LogP contribution in [0, 0.1) is 0 Å². The van der Waals surface area contributed by atoms with Gasteiger partial charge in [0.15, 0.2) is 0 Å². The molecule has 4 heteroatoms. The van der Waals surface area contributed by atoms with Gasteiger partial charge in [-0.3, -0.25) is 4.98 Å². The molecular formula is C15H27N3O. The van der Waals surface area contributed by atoms with Gasteiger partial charge in [0.25, 0.3) is 0 Å². The fourth-order valence-electron chi connectivity index (χ4n) is 1.45. The molecule has 1 aromatic heterocycles. The number of likely N-dealkylation sites (N-methyl/N-ethyl adjacent to an activating group) is 1. The molecule has 0 radical (unpaired) electrons. The van der Waals surface area contributed by atoms with Gasteiger partial charge in [-0.25, -0.2) is 0 Å². The second-order valence-electron chi connectivity index (χ2n) is 5.64. The molecule has 0 fully saturated rings. The molecule has 1 N–H and O–H groups in total. The first kappa shape index (κ1) is 16.1. The number of hydrogen-bond acceptors (Lipinski definition) is 4. The Labute approximate surface area is 117 Å². The lowest BCUT2D eigenvalue weighted by molar-refractivity contribution is 0.0262. The van der Waals surface area contributed by atoms with Gasteiger partial charge in [-0.05, 0) is 46.1 Å². The maximum absolute atomic E-state index is 5.75. The highest BCUT2D eigenvalue weighted by Gasteiger charge is 2.20. The van der Waals surface area contributed by atoms with Gasteiger partial charge in [0.05, 0.1) is 18.9 Å². The summed E-state index contributed by atoms with van der Waals surface area (Å²) in [6.45, 7) is 9.55. The molecule has 1 heterocycles. The largest absolute Gasteiger partial charge is 0.373 e. The summed E-state index contributed by atoms with van der Waals surface area (Å²) in [6, 6.07) is 4.14. The molecular weight excluding hydrogens is 238 g/mol. The van der Waals surface area contributed by atoms with E-state index in [9.17, 15) is 0 Å². The lowest BCUT2D eigenvalue weighted by atomic mass is 10.1. The second-order valence-corrected chi connectivity index (χ2v) is 5.64. The summed E-state index contributed by atoms with van der Waals surface area (Å²) >= 11 is 0. The molecule has 1 rings (SSSR count). The van der Waals surface area contributed by atoms with Crippen molar-refractivity contribution in [1.29, 1.82) is 0 Å². The van der Waals surface area contributed by atoms with E-state index in [-0.39, 0.29) is 5.54 Å². The van der Waals surface area contributed by atoms with Gasteiger partial charge in [-0.1, -0.05) is 13.0 Å². The van der Waals surface area contributed by atoms with Crippen molar-refractivity contribution in [3.05, 3.63) is 29.6 Å². The quantitative estimate of drug-likeness (QED) is 0.780. The molecule has 0 amide bonds. The molecule has 0 atom stereocenters. The molecule has 4 nitrogen and oxygen atoms in total. The number of pyridine rings is 1. The Kier molecular flexibility index (Phi) is 6.42. The molecule has 0 spiro atoms. The fraction of sp³-hybridized carbons (Fsp3) is 0.667. The summed E-state index contributed by atoms with van der Waals surface area (Å²) in [5.74, 6) is 0. The molecule has 0 unspecified atom stereocenters. The van der Waals surface area contributed by atoms with Crippen molar-refractivity contribution in [2.24, 2.45) is 0 Å². The Morgan fingerprint density at radius 1 is 1.32 bits per heavy atom. The average molecular weight is 265 g/mol. The van der Waals surface area contributed by atoms with Gasteiger partial charge in [0.1, 0.15) is 0 Å². The van der Waals surface area contributed by atoms with Gasteiger partial charge >= 0.3 is 0 Å². The monoisotopic (exact) mass is 265 g/mol. The van der Waals surface area contributed by atoms with E-state index >= 15 is 0 Å². The number of nitrogens with zero attached hydrogens (tertiary/aromatic N) is 2. The summed E-state index contributed by atoms with van der Waals surface area (Å²) in [7, 11) is 4.13. The Hall–Kier alpha value is -0.970. The van der Waals surface area contributed by atoms with Crippen LogP contribution in [-0.4, -0.2) is 42.7 Å². The minimum absolute atomic E-state index is 0.0466. The van der Waals surface area contributed by atoms with Gasteiger partial charge in [-0.15, -0.1) is 0 Å². The van der Waals surface area contributed by atoms with Crippen molar-refractivity contribution in [3.63, 3.8) is 0 Å². The smallest absolute Gasteiger partial charge is 0.0888 e. The molecule has 0 saturated carbocycles. The van der Waals surface area contributed by atoms with E-state index in [0.717, 1.165) is 18.8 Å². The normalized spacial score (nSPS) is 12.1. The van der Waals surface area contributed by atoms with Gasteiger partial charge in [0.2, 0.25) is 0 Å². The van der Waals surface area contributed by atoms with Crippen molar-refractivity contribution in [1.82, 2.24) is 15.2 Å². The van der Waals surface area contributed by atoms with Crippen molar-refractivity contribution in [2.45, 2.75) is 39.5 Å². The summed E-state index contributed by atoms with van der Waals surface area (Å²) in [5.41, 5.74) is 2.24. The van der Waals surface area contributed by atoms with Gasteiger partial charge in [-0.2, -0.15) is 0 Å². The Morgan fingerprint density at radius 2 is 2.05 bits per heavy atom. The van der Waals surface area contributed by atoms with Crippen LogP contribution in [0.4, 0.5) is 0 Å². The number of aromatic nitrogens is 1. The van der Waals surface area contributed by atoms with E-state index in [1.54, 1.807) is 0 Å². The van der Waals surface area contributed by atoms with Crippen LogP contribution in [-0.2, 0) is 17.9 Å². The highest BCUT2D eigenvalue weighted by molar-refractivity contribution is 5.13. The molecule has 0 aromatic carbocycles. The minimum Gasteiger partial charge on any atom is -0.373 e. The highest BCUT2D eigenvalue weighted by Crippen LogP contribution is 2.11. The van der Waals surface area contributed by atoms with Gasteiger partial charge < -0.3 is 15.0 Å². The zero-order chi connectivity index (χ0) is 14.3. The SMILES string of the molecule is CCNCc1ccc(COCC(C)(C)N(C)C)nc1. The first-order valence-electron chi connectivity index (χ1n) is 6.85. The van der Waals surface area contributed by atoms with E-state index in [2.05, 4.69) is 56.1 Å². The van der Waals surface area contributed by atoms with Crippen LogP contribution >= 0.6 is 0 Å². The molecule has 0 saturated heterocycles. The molecule has 0 aliphatic carbocycles. The zero-order valence-electron chi connectivity index (χ0n) is 12.9. The number of hydrogen-bond donors (Lipinski definition) is 1. The maximum atomic E-state index is 5.75. The lowest BCUT2D eigenvalue weighted by Gasteiger charge is -2.32. The van der Waals surface area contributed by atoms with Crippen LogP contribution in [0.25, 0.3) is 0 Å². The summed E-state index contributed by atoms with van der Waals surface area (Å²) in [4.78, 5) is 6.58. The van der Waals surface area contributed by atoms with Gasteiger partial charge in [0, 0.05) is 18.3 Å². The third-order valence-corrected chi connectivity index (χ3v) is 3.38. The van der Waals surface area contributed by atoms with Crippen molar-refractivity contribution >= 4 is 0 Å². The summed E-state index contributed by atoms with van der Waals surface area (Å²) in [5, 5.41) is 3.28. The summed E-state index contributed by atoms with van der Waals surface area (Å²) in [6.07, 6.45) is 1.92. The first-order chi connectivity index (χ1) is 8.95. The van der Waals surface area contributed by atoms with Crippen LogP contribution in [0.1, 0.15) is 32.0 Å². The Bertz CT molecular complexity index is 360. The highest BCUT2D eigenvalue weighted by atomic mass is 16.5. The van der Waals surface area contributed by atoms with Crippen LogP contribution in [0.2, 0.25) is 0 Å². The third-order valence-electron chi connectivity index (χ3n) is 3.38. The van der Waals surface area contributed by atoms with Crippen LogP contribution < -0.4 is 5.32 Å². The standard InChI is InChI=1S/C15H27N3O/c1-6-16-9-13-7-8-14(17-10-13)11-19-12-15(2,3)18(4)5/h7-8,10,16H,6,9,11-12H2,1-5H3. The molecule has 0 bridgehead atoms. The van der Waals surface area contributed by atoms with Crippen molar-refractivity contribution in [2.75, 3.05) is 27.2 Å². The van der Waals surface area contributed by atoms with E-state index in [1.165, 1.54) is 5.56 Å². The third kappa shape index (κ3) is 5.68. The van der Waals surface area contributed by atoms with Crippen LogP contribution in [0.15, 0.2) is 18.3 Å². The molecule has 19 heavy (non-hydrogen) atoms. The Balaban J connectivity index is 2.38. The van der Waals surface area contributed by atoms with E-state index in [4.69, 9.17) is 4.74 Å². The maximum Gasteiger partial charge on any atom is 0.0888 e. The molecule has 1 aromatic rings. The fourth-order valence-corrected chi connectivity index (χ4v) is 1.45. The minimum atomic E-state index is 0.0466. The number of nitrogens with one attached hydrogen (secondary N) is 1. The summed E-state index contributed by atoms with van der Waals surface area (Å²) < 4.78 is 5.75. The van der Waals surface area contributed by atoms with Crippen LogP contribution in [0.3, 0.4) is 0 Å². The molecule has 0 aliphatic heterocycles. The van der Waals surface area contributed by atoms with E-state index in [1.807, 2.05) is 12.3 Å². The second kappa shape index (κ2) is 7.58. The lowest BCUT2D eigenvalue weighted by Crippen LogP contribution is -2.42. The average Bonchev–Trinajstić information content (AvgIpc) is 2.37. The first-order valence-corrected chi connectivity index (χ1v) is 6.85. The van der Waals surface area contributed by atoms with E-state index in [0.29, 0.717) is 13.2 Å². The van der Waals surface area contributed by atoms with Crippen molar-refractivity contribution in [3.8, 4) is 0 Å². The molecule has 0 aliphatic rings. The van der Waals surface area contributed by atoms with E-state index < -0.39 is 0 Å². The van der Waals surface area contributed by atoms with Crippen molar-refractivity contribution < 1.29 is 4.74 Å². The predicted molar refractivity (Wildman–Crippen MR) is 79.0 cm³/mol. The van der Waals surface area contributed by atoms with Crippen LogP contribution in [0.5, 0.6) is 0 Å². The Morgan fingerprint density at radius 3 is 2.58 bits per heavy atom. The zero-order valence-corrected chi connectivity index (χ0v) is 12.9.